The van der Waals surface area contributed by atoms with E-state index in [0.29, 0.717) is 18.9 Å². The molecule has 0 aliphatic rings. The highest BCUT2D eigenvalue weighted by molar-refractivity contribution is 7.90. The van der Waals surface area contributed by atoms with Crippen LogP contribution in [0.5, 0.6) is 0 Å². The van der Waals surface area contributed by atoms with Crippen LogP contribution < -0.4 is 5.32 Å². The van der Waals surface area contributed by atoms with Crippen LogP contribution in [0, 0.1) is 0 Å². The number of nitrogens with one attached hydrogen (secondary N) is 1. The summed E-state index contributed by atoms with van der Waals surface area (Å²) in [6.07, 6.45) is 3.35. The molecule has 0 fully saturated rings. The molecule has 0 aliphatic heterocycles. The van der Waals surface area contributed by atoms with Gasteiger partial charge in [0.25, 0.3) is 0 Å². The molecule has 0 aromatic carbocycles. The Hall–Kier alpha value is -1.17. The van der Waals surface area contributed by atoms with Gasteiger partial charge in [-0.1, -0.05) is 13.8 Å². The van der Waals surface area contributed by atoms with Gasteiger partial charge in [-0.3, -0.25) is 0 Å². The van der Waals surface area contributed by atoms with Crippen LogP contribution in [0.15, 0.2) is 12.4 Å². The highest BCUT2D eigenvalue weighted by Gasteiger charge is 2.04. The molecule has 0 atom stereocenters. The SMILES string of the molecule is CC(C)c1cc(NCCCS(C)(=O)=O)ncn1. The lowest BCUT2D eigenvalue weighted by Crippen LogP contribution is -2.10. The number of rotatable bonds is 6. The summed E-state index contributed by atoms with van der Waals surface area (Å²) in [5.74, 6) is 1.30. The van der Waals surface area contributed by atoms with Crippen molar-refractivity contribution >= 4 is 15.7 Å². The molecular weight excluding hydrogens is 238 g/mol. The van der Waals surface area contributed by atoms with Gasteiger partial charge in [-0.15, -0.1) is 0 Å². The second-order valence-electron chi connectivity index (χ2n) is 4.39. The van der Waals surface area contributed by atoms with Crippen molar-refractivity contribution in [3.63, 3.8) is 0 Å². The Morgan fingerprint density at radius 1 is 1.35 bits per heavy atom. The van der Waals surface area contributed by atoms with Crippen molar-refractivity contribution in [3.05, 3.63) is 18.1 Å². The number of hydrogen-bond donors (Lipinski definition) is 1. The lowest BCUT2D eigenvalue weighted by Gasteiger charge is -2.08. The standard InChI is InChI=1S/C11H19N3O2S/c1-9(2)10-7-11(14-8-13-10)12-5-4-6-17(3,15)16/h7-9H,4-6H2,1-3H3,(H,12,13,14). The predicted octanol–water partition coefficient (Wildman–Crippen LogP) is 1.45. The van der Waals surface area contributed by atoms with Crippen LogP contribution in [-0.4, -0.2) is 36.9 Å². The topological polar surface area (TPSA) is 72.0 Å². The van der Waals surface area contributed by atoms with Gasteiger partial charge in [0.15, 0.2) is 0 Å². The number of hydrogen-bond acceptors (Lipinski definition) is 5. The summed E-state index contributed by atoms with van der Waals surface area (Å²) in [4.78, 5) is 8.24. The number of aromatic nitrogens is 2. The maximum absolute atomic E-state index is 10.9. The first-order valence-corrected chi connectivity index (χ1v) is 7.68. The van der Waals surface area contributed by atoms with Crippen molar-refractivity contribution in [2.75, 3.05) is 23.9 Å². The number of anilines is 1. The average Bonchev–Trinajstić information content (AvgIpc) is 2.23. The molecule has 0 bridgehead atoms. The van der Waals surface area contributed by atoms with E-state index < -0.39 is 9.84 Å². The Morgan fingerprint density at radius 2 is 2.06 bits per heavy atom. The molecule has 1 aromatic rings. The molecule has 0 saturated heterocycles. The van der Waals surface area contributed by atoms with Gasteiger partial charge in [-0.25, -0.2) is 18.4 Å². The van der Waals surface area contributed by atoms with E-state index in [9.17, 15) is 8.42 Å². The predicted molar refractivity (Wildman–Crippen MR) is 68.9 cm³/mol. The van der Waals surface area contributed by atoms with Gasteiger partial charge in [0.2, 0.25) is 0 Å². The fraction of sp³-hybridized carbons (Fsp3) is 0.636. The Morgan fingerprint density at radius 3 is 2.65 bits per heavy atom. The van der Waals surface area contributed by atoms with Crippen molar-refractivity contribution in [3.8, 4) is 0 Å². The van der Waals surface area contributed by atoms with Crippen LogP contribution in [0.25, 0.3) is 0 Å². The molecule has 5 nitrogen and oxygen atoms in total. The molecule has 1 rings (SSSR count). The van der Waals surface area contributed by atoms with Gasteiger partial charge < -0.3 is 5.32 Å². The van der Waals surface area contributed by atoms with Gasteiger partial charge in [-0.2, -0.15) is 0 Å². The van der Waals surface area contributed by atoms with Gasteiger partial charge in [0.1, 0.15) is 22.0 Å². The molecule has 0 spiro atoms. The fourth-order valence-corrected chi connectivity index (χ4v) is 2.00. The Kier molecular flexibility index (Phi) is 4.86. The molecule has 1 N–H and O–H groups in total. The largest absolute Gasteiger partial charge is 0.370 e. The molecule has 0 aliphatic carbocycles. The second-order valence-corrected chi connectivity index (χ2v) is 6.65. The van der Waals surface area contributed by atoms with Crippen molar-refractivity contribution < 1.29 is 8.42 Å². The first-order valence-electron chi connectivity index (χ1n) is 5.62. The van der Waals surface area contributed by atoms with Crippen LogP contribution in [0.4, 0.5) is 5.82 Å². The third-order valence-electron chi connectivity index (χ3n) is 2.28. The highest BCUT2D eigenvalue weighted by atomic mass is 32.2. The van der Waals surface area contributed by atoms with Gasteiger partial charge in [-0.05, 0) is 12.3 Å². The third kappa shape index (κ3) is 5.63. The maximum Gasteiger partial charge on any atom is 0.147 e. The Bertz CT molecular complexity index is 458. The molecule has 1 heterocycles. The van der Waals surface area contributed by atoms with E-state index in [0.717, 1.165) is 11.5 Å². The summed E-state index contributed by atoms with van der Waals surface area (Å²) >= 11 is 0. The van der Waals surface area contributed by atoms with E-state index in [1.165, 1.54) is 12.6 Å². The van der Waals surface area contributed by atoms with E-state index >= 15 is 0 Å². The summed E-state index contributed by atoms with van der Waals surface area (Å²) in [6, 6.07) is 1.89. The summed E-state index contributed by atoms with van der Waals surface area (Å²) in [7, 11) is -2.87. The van der Waals surface area contributed by atoms with Crippen molar-refractivity contribution in [1.82, 2.24) is 9.97 Å². The first-order chi connectivity index (χ1) is 7.88. The Balaban J connectivity index is 2.44. The number of nitrogens with zero attached hydrogens (tertiary/aromatic N) is 2. The van der Waals surface area contributed by atoms with Gasteiger partial charge in [0, 0.05) is 24.6 Å². The van der Waals surface area contributed by atoms with Crippen LogP contribution >= 0.6 is 0 Å². The molecule has 0 saturated carbocycles. The van der Waals surface area contributed by atoms with Crippen LogP contribution in [0.3, 0.4) is 0 Å². The normalized spacial score (nSPS) is 11.8. The van der Waals surface area contributed by atoms with Gasteiger partial charge >= 0.3 is 0 Å². The van der Waals surface area contributed by atoms with E-state index in [2.05, 4.69) is 29.1 Å². The summed E-state index contributed by atoms with van der Waals surface area (Å²) in [6.45, 7) is 4.73. The minimum Gasteiger partial charge on any atom is -0.370 e. The van der Waals surface area contributed by atoms with Crippen molar-refractivity contribution in [2.45, 2.75) is 26.2 Å². The van der Waals surface area contributed by atoms with Crippen LogP contribution in [-0.2, 0) is 9.84 Å². The van der Waals surface area contributed by atoms with E-state index in [4.69, 9.17) is 0 Å². The molecule has 17 heavy (non-hydrogen) atoms. The summed E-state index contributed by atoms with van der Waals surface area (Å²) in [5, 5.41) is 3.10. The zero-order chi connectivity index (χ0) is 12.9. The molecule has 96 valence electrons. The Labute approximate surface area is 103 Å². The second kappa shape index (κ2) is 5.95. The van der Waals surface area contributed by atoms with Crippen LogP contribution in [0.1, 0.15) is 31.9 Å². The molecule has 0 amide bonds. The zero-order valence-electron chi connectivity index (χ0n) is 10.5. The summed E-state index contributed by atoms with van der Waals surface area (Å²) < 4.78 is 21.9. The smallest absolute Gasteiger partial charge is 0.147 e. The lowest BCUT2D eigenvalue weighted by molar-refractivity contribution is 0.600. The molecule has 6 heteroatoms. The van der Waals surface area contributed by atoms with Crippen molar-refractivity contribution in [1.29, 1.82) is 0 Å². The van der Waals surface area contributed by atoms with E-state index in [-0.39, 0.29) is 5.75 Å². The first kappa shape index (κ1) is 13.9. The highest BCUT2D eigenvalue weighted by Crippen LogP contribution is 2.13. The molecular formula is C11H19N3O2S. The lowest BCUT2D eigenvalue weighted by atomic mass is 10.1. The van der Waals surface area contributed by atoms with Crippen LogP contribution in [0.2, 0.25) is 0 Å². The van der Waals surface area contributed by atoms with Crippen molar-refractivity contribution in [2.24, 2.45) is 0 Å². The zero-order valence-corrected chi connectivity index (χ0v) is 11.3. The van der Waals surface area contributed by atoms with Gasteiger partial charge in [0.05, 0.1) is 5.75 Å². The third-order valence-corrected chi connectivity index (χ3v) is 3.31. The maximum atomic E-state index is 10.9. The minimum absolute atomic E-state index is 0.197. The number of sulfone groups is 1. The van der Waals surface area contributed by atoms with E-state index in [1.54, 1.807) is 0 Å². The molecule has 0 unspecified atom stereocenters. The molecule has 0 radical (unpaired) electrons. The quantitative estimate of drug-likeness (QED) is 0.781. The minimum atomic E-state index is -2.87. The average molecular weight is 257 g/mol. The molecule has 1 aromatic heterocycles. The summed E-state index contributed by atoms with van der Waals surface area (Å²) in [5.41, 5.74) is 0.977. The fourth-order valence-electron chi connectivity index (χ4n) is 1.34. The van der Waals surface area contributed by atoms with E-state index in [1.807, 2.05) is 6.07 Å². The monoisotopic (exact) mass is 257 g/mol.